The molecule has 1 saturated heterocycles. The lowest BCUT2D eigenvalue weighted by molar-refractivity contribution is -0.144. The van der Waals surface area contributed by atoms with E-state index in [4.69, 9.17) is 9.47 Å². The second kappa shape index (κ2) is 6.06. The normalized spacial score (nSPS) is 22.6. The van der Waals surface area contributed by atoms with Crippen molar-refractivity contribution >= 4 is 5.97 Å². The van der Waals surface area contributed by atoms with Crippen LogP contribution in [0.3, 0.4) is 0 Å². The van der Waals surface area contributed by atoms with Gasteiger partial charge in [-0.25, -0.2) is 0 Å². The van der Waals surface area contributed by atoms with Crippen LogP contribution in [-0.4, -0.2) is 36.7 Å². The zero-order valence-corrected chi connectivity index (χ0v) is 11.8. The smallest absolute Gasteiger partial charge is 0.323 e. The number of carbonyl (C=O) groups excluding carboxylic acids is 1. The third kappa shape index (κ3) is 3.47. The summed E-state index contributed by atoms with van der Waals surface area (Å²) in [4.78, 5) is 13.7. The Bertz CT molecular complexity index is 430. The minimum atomic E-state index is -0.124. The first-order valence-corrected chi connectivity index (χ1v) is 6.72. The van der Waals surface area contributed by atoms with Gasteiger partial charge in [0.2, 0.25) is 0 Å². The van der Waals surface area contributed by atoms with Gasteiger partial charge < -0.3 is 9.47 Å². The Hall–Kier alpha value is -1.55. The quantitative estimate of drug-likeness (QED) is 0.764. The average molecular weight is 263 g/mol. The fourth-order valence-corrected chi connectivity index (χ4v) is 2.35. The Morgan fingerprint density at radius 2 is 2.05 bits per heavy atom. The molecule has 0 bridgehead atoms. The predicted molar refractivity (Wildman–Crippen MR) is 73.0 cm³/mol. The second-order valence-corrected chi connectivity index (χ2v) is 4.99. The molecule has 0 aliphatic carbocycles. The summed E-state index contributed by atoms with van der Waals surface area (Å²) in [5.74, 6) is 0.767. The van der Waals surface area contributed by atoms with Crippen molar-refractivity contribution in [3.05, 3.63) is 29.8 Å². The largest absolute Gasteiger partial charge is 0.494 e. The van der Waals surface area contributed by atoms with E-state index in [0.29, 0.717) is 6.61 Å². The van der Waals surface area contributed by atoms with Crippen LogP contribution in [0.4, 0.5) is 0 Å². The van der Waals surface area contributed by atoms with Gasteiger partial charge in [-0.3, -0.25) is 9.69 Å². The lowest BCUT2D eigenvalue weighted by Crippen LogP contribution is -2.34. The number of likely N-dealkylation sites (N-methyl/N-ethyl adjacent to an activating group) is 1. The molecule has 4 heteroatoms. The van der Waals surface area contributed by atoms with Crippen molar-refractivity contribution < 1.29 is 14.3 Å². The molecule has 1 aliphatic rings. The SMILES string of the molecule is CCOc1ccc(CN(C)C2CC(C)OC2=O)cc1. The number of nitrogens with zero attached hydrogens (tertiary/aromatic N) is 1. The van der Waals surface area contributed by atoms with E-state index in [1.165, 1.54) is 5.56 Å². The van der Waals surface area contributed by atoms with Crippen molar-refractivity contribution in [2.75, 3.05) is 13.7 Å². The van der Waals surface area contributed by atoms with Crippen LogP contribution >= 0.6 is 0 Å². The summed E-state index contributed by atoms with van der Waals surface area (Å²) < 4.78 is 10.6. The first-order valence-electron chi connectivity index (χ1n) is 6.72. The maximum absolute atomic E-state index is 11.7. The Labute approximate surface area is 114 Å². The molecule has 1 aliphatic heterocycles. The molecule has 2 rings (SSSR count). The molecule has 104 valence electrons. The molecule has 0 aromatic heterocycles. The van der Waals surface area contributed by atoms with Crippen molar-refractivity contribution in [3.8, 4) is 5.75 Å². The minimum absolute atomic E-state index is 0.0280. The van der Waals surface area contributed by atoms with Crippen LogP contribution in [0.5, 0.6) is 5.75 Å². The van der Waals surface area contributed by atoms with Gasteiger partial charge >= 0.3 is 5.97 Å². The Morgan fingerprint density at radius 1 is 1.37 bits per heavy atom. The van der Waals surface area contributed by atoms with Crippen LogP contribution in [0.1, 0.15) is 25.8 Å². The van der Waals surface area contributed by atoms with E-state index in [2.05, 4.69) is 0 Å². The van der Waals surface area contributed by atoms with Crippen LogP contribution < -0.4 is 4.74 Å². The molecule has 1 heterocycles. The van der Waals surface area contributed by atoms with E-state index in [1.807, 2.05) is 50.1 Å². The molecule has 0 saturated carbocycles. The highest BCUT2D eigenvalue weighted by atomic mass is 16.6. The monoisotopic (exact) mass is 263 g/mol. The average Bonchev–Trinajstić information content (AvgIpc) is 2.71. The number of cyclic esters (lactones) is 1. The predicted octanol–water partition coefficient (Wildman–Crippen LogP) is 2.22. The molecule has 0 radical (unpaired) electrons. The van der Waals surface area contributed by atoms with E-state index >= 15 is 0 Å². The molecule has 0 N–H and O–H groups in total. The summed E-state index contributed by atoms with van der Waals surface area (Å²) in [6.45, 7) is 5.31. The maximum Gasteiger partial charge on any atom is 0.323 e. The van der Waals surface area contributed by atoms with Crippen LogP contribution in [0.2, 0.25) is 0 Å². The number of benzene rings is 1. The van der Waals surface area contributed by atoms with E-state index < -0.39 is 0 Å². The highest BCUT2D eigenvalue weighted by Crippen LogP contribution is 2.21. The molecule has 2 unspecified atom stereocenters. The van der Waals surface area contributed by atoms with E-state index in [9.17, 15) is 4.79 Å². The maximum atomic E-state index is 11.7. The molecule has 1 aromatic rings. The lowest BCUT2D eigenvalue weighted by Gasteiger charge is -2.21. The van der Waals surface area contributed by atoms with Crippen LogP contribution in [0.25, 0.3) is 0 Å². The molecule has 1 fully saturated rings. The lowest BCUT2D eigenvalue weighted by atomic mass is 10.1. The van der Waals surface area contributed by atoms with Gasteiger partial charge in [-0.2, -0.15) is 0 Å². The molecule has 0 spiro atoms. The van der Waals surface area contributed by atoms with Gasteiger partial charge in [0.15, 0.2) is 0 Å². The zero-order chi connectivity index (χ0) is 13.8. The third-order valence-corrected chi connectivity index (χ3v) is 3.34. The number of ether oxygens (including phenoxy) is 2. The van der Waals surface area contributed by atoms with E-state index in [1.54, 1.807) is 0 Å². The van der Waals surface area contributed by atoms with Crippen molar-refractivity contribution in [2.45, 2.75) is 39.0 Å². The summed E-state index contributed by atoms with van der Waals surface area (Å²) in [5.41, 5.74) is 1.17. The molecule has 1 aromatic carbocycles. The topological polar surface area (TPSA) is 38.8 Å². The number of hydrogen-bond acceptors (Lipinski definition) is 4. The van der Waals surface area contributed by atoms with Gasteiger partial charge in [0.1, 0.15) is 17.9 Å². The summed E-state index contributed by atoms with van der Waals surface area (Å²) in [7, 11) is 1.96. The Balaban J connectivity index is 1.95. The van der Waals surface area contributed by atoms with Crippen LogP contribution in [-0.2, 0) is 16.1 Å². The van der Waals surface area contributed by atoms with Crippen molar-refractivity contribution in [2.24, 2.45) is 0 Å². The van der Waals surface area contributed by atoms with Gasteiger partial charge in [-0.1, -0.05) is 12.1 Å². The van der Waals surface area contributed by atoms with Crippen LogP contribution in [0, 0.1) is 0 Å². The molecule has 0 amide bonds. The first-order chi connectivity index (χ1) is 9.10. The van der Waals surface area contributed by atoms with Crippen molar-refractivity contribution in [1.82, 2.24) is 4.90 Å². The summed E-state index contributed by atoms with van der Waals surface area (Å²) in [5, 5.41) is 0. The summed E-state index contributed by atoms with van der Waals surface area (Å²) in [6, 6.07) is 7.86. The van der Waals surface area contributed by atoms with Gasteiger partial charge in [0.25, 0.3) is 0 Å². The molecule has 2 atom stereocenters. The minimum Gasteiger partial charge on any atom is -0.494 e. The molecule has 4 nitrogen and oxygen atoms in total. The zero-order valence-electron chi connectivity index (χ0n) is 11.8. The van der Waals surface area contributed by atoms with E-state index in [-0.39, 0.29) is 18.1 Å². The van der Waals surface area contributed by atoms with Gasteiger partial charge in [0.05, 0.1) is 6.61 Å². The fourth-order valence-electron chi connectivity index (χ4n) is 2.35. The number of rotatable bonds is 5. The number of esters is 1. The molecule has 19 heavy (non-hydrogen) atoms. The molecular weight excluding hydrogens is 242 g/mol. The standard InChI is InChI=1S/C15H21NO3/c1-4-18-13-7-5-12(6-8-13)10-16(3)14-9-11(2)19-15(14)17/h5-8,11,14H,4,9-10H2,1-3H3. The summed E-state index contributed by atoms with van der Waals surface area (Å²) >= 11 is 0. The van der Waals surface area contributed by atoms with Gasteiger partial charge in [-0.05, 0) is 38.6 Å². The van der Waals surface area contributed by atoms with E-state index in [0.717, 1.165) is 18.7 Å². The highest BCUT2D eigenvalue weighted by Gasteiger charge is 2.34. The number of carbonyl (C=O) groups is 1. The fraction of sp³-hybridized carbons (Fsp3) is 0.533. The Morgan fingerprint density at radius 3 is 2.58 bits per heavy atom. The van der Waals surface area contributed by atoms with Crippen molar-refractivity contribution in [1.29, 1.82) is 0 Å². The first kappa shape index (κ1) is 13.9. The summed E-state index contributed by atoms with van der Waals surface area (Å²) in [6.07, 6.45) is 0.798. The highest BCUT2D eigenvalue weighted by molar-refractivity contribution is 5.77. The van der Waals surface area contributed by atoms with Crippen LogP contribution in [0.15, 0.2) is 24.3 Å². The van der Waals surface area contributed by atoms with Gasteiger partial charge in [-0.15, -0.1) is 0 Å². The number of hydrogen-bond donors (Lipinski definition) is 0. The van der Waals surface area contributed by atoms with Gasteiger partial charge in [0, 0.05) is 13.0 Å². The molecular formula is C15H21NO3. The second-order valence-electron chi connectivity index (χ2n) is 4.99. The van der Waals surface area contributed by atoms with Crippen molar-refractivity contribution in [3.63, 3.8) is 0 Å². The Kier molecular flexibility index (Phi) is 4.43. The third-order valence-electron chi connectivity index (χ3n) is 3.34.